The van der Waals surface area contributed by atoms with Crippen LogP contribution in [-0.2, 0) is 9.53 Å². The second kappa shape index (κ2) is 7.15. The first-order valence-electron chi connectivity index (χ1n) is 6.72. The molecule has 5 nitrogen and oxygen atoms in total. The molecule has 106 valence electrons. The molecule has 2 atom stereocenters. The first-order chi connectivity index (χ1) is 8.92. The van der Waals surface area contributed by atoms with Crippen LogP contribution < -0.4 is 5.32 Å². The van der Waals surface area contributed by atoms with Gasteiger partial charge in [0.25, 0.3) is 5.91 Å². The number of carbonyl (C=O) groups excluding carboxylic acids is 1. The second-order valence-corrected chi connectivity index (χ2v) is 5.47. The second-order valence-electron chi connectivity index (χ2n) is 5.47. The van der Waals surface area contributed by atoms with Crippen molar-refractivity contribution in [2.45, 2.75) is 39.9 Å². The largest absolute Gasteiger partial charge is 0.372 e. The molecule has 0 bridgehead atoms. The first kappa shape index (κ1) is 15.5. The Hall–Kier alpha value is -1.54. The zero-order chi connectivity index (χ0) is 14.4. The summed E-state index contributed by atoms with van der Waals surface area (Å²) in [7, 11) is 0. The van der Waals surface area contributed by atoms with Crippen molar-refractivity contribution in [2.75, 3.05) is 19.6 Å². The highest BCUT2D eigenvalue weighted by Gasteiger charge is 2.21. The van der Waals surface area contributed by atoms with E-state index in [-0.39, 0.29) is 23.7 Å². The molecule has 1 rings (SSSR count). The number of amides is 1. The summed E-state index contributed by atoms with van der Waals surface area (Å²) >= 11 is 0. The van der Waals surface area contributed by atoms with Gasteiger partial charge >= 0.3 is 0 Å². The summed E-state index contributed by atoms with van der Waals surface area (Å²) in [5.74, 6) is 0.0651. The number of rotatable bonds is 4. The van der Waals surface area contributed by atoms with E-state index in [2.05, 4.69) is 5.32 Å². The lowest BCUT2D eigenvalue weighted by Crippen LogP contribution is -2.43. The summed E-state index contributed by atoms with van der Waals surface area (Å²) in [5.41, 5.74) is 0.155. The van der Waals surface area contributed by atoms with Crippen LogP contribution in [0.2, 0.25) is 0 Å². The zero-order valence-electron chi connectivity index (χ0n) is 12.1. The standard InChI is InChI=1S/C14H23N3O2/c1-10(2)6-16-14(18)13(5-15)9-17-7-11(3)19-12(4)8-17/h9-12H,6-8H2,1-4H3,(H,16,18)/b13-9-. The highest BCUT2D eigenvalue weighted by molar-refractivity contribution is 5.97. The fourth-order valence-corrected chi connectivity index (χ4v) is 2.04. The molecule has 0 aromatic rings. The molecule has 1 amide bonds. The van der Waals surface area contributed by atoms with E-state index in [4.69, 9.17) is 10.00 Å². The minimum Gasteiger partial charge on any atom is -0.372 e. The highest BCUT2D eigenvalue weighted by Crippen LogP contribution is 2.12. The smallest absolute Gasteiger partial charge is 0.263 e. The Morgan fingerprint density at radius 2 is 2.05 bits per heavy atom. The first-order valence-corrected chi connectivity index (χ1v) is 6.72. The minimum atomic E-state index is -0.303. The molecule has 1 aliphatic heterocycles. The third-order valence-corrected chi connectivity index (χ3v) is 2.80. The number of carbonyl (C=O) groups is 1. The van der Waals surface area contributed by atoms with Crippen LogP contribution in [0.4, 0.5) is 0 Å². The van der Waals surface area contributed by atoms with Crippen molar-refractivity contribution in [3.63, 3.8) is 0 Å². The van der Waals surface area contributed by atoms with Gasteiger partial charge in [0, 0.05) is 25.8 Å². The number of nitrogens with one attached hydrogen (secondary N) is 1. The molecule has 5 heteroatoms. The van der Waals surface area contributed by atoms with Crippen LogP contribution in [0.5, 0.6) is 0 Å². The van der Waals surface area contributed by atoms with Crippen molar-refractivity contribution in [1.29, 1.82) is 5.26 Å². The average molecular weight is 265 g/mol. The van der Waals surface area contributed by atoms with E-state index in [9.17, 15) is 4.79 Å². The van der Waals surface area contributed by atoms with E-state index in [1.165, 1.54) is 0 Å². The average Bonchev–Trinajstić information content (AvgIpc) is 2.31. The molecular weight excluding hydrogens is 242 g/mol. The van der Waals surface area contributed by atoms with Gasteiger partial charge in [-0.1, -0.05) is 13.8 Å². The van der Waals surface area contributed by atoms with Crippen LogP contribution >= 0.6 is 0 Å². The number of morpholine rings is 1. The predicted octanol–water partition coefficient (Wildman–Crippen LogP) is 1.28. The van der Waals surface area contributed by atoms with Crippen LogP contribution in [0.1, 0.15) is 27.7 Å². The van der Waals surface area contributed by atoms with Crippen LogP contribution in [-0.4, -0.2) is 42.6 Å². The lowest BCUT2D eigenvalue weighted by molar-refractivity contribution is -0.117. The summed E-state index contributed by atoms with van der Waals surface area (Å²) in [6.45, 7) is 9.99. The van der Waals surface area contributed by atoms with E-state index < -0.39 is 0 Å². The molecule has 0 aliphatic carbocycles. The third-order valence-electron chi connectivity index (χ3n) is 2.80. The minimum absolute atomic E-state index is 0.110. The molecule has 1 aliphatic rings. The van der Waals surface area contributed by atoms with Crippen molar-refractivity contribution in [1.82, 2.24) is 10.2 Å². The molecule has 1 fully saturated rings. The van der Waals surface area contributed by atoms with E-state index in [1.54, 1.807) is 6.20 Å². The molecule has 0 aromatic carbocycles. The Labute approximate surface area is 115 Å². The Bertz CT molecular complexity index is 375. The van der Waals surface area contributed by atoms with Gasteiger partial charge in [-0.25, -0.2) is 0 Å². The number of hydrogen-bond donors (Lipinski definition) is 1. The topological polar surface area (TPSA) is 65.4 Å². The van der Waals surface area contributed by atoms with E-state index in [0.717, 1.165) is 0 Å². The molecule has 0 spiro atoms. The van der Waals surface area contributed by atoms with Crippen LogP contribution in [0.25, 0.3) is 0 Å². The molecule has 2 unspecified atom stereocenters. The molecule has 0 saturated carbocycles. The molecule has 0 aromatic heterocycles. The van der Waals surface area contributed by atoms with Gasteiger partial charge in [-0.05, 0) is 19.8 Å². The molecule has 0 radical (unpaired) electrons. The lowest BCUT2D eigenvalue weighted by atomic mass is 10.2. The van der Waals surface area contributed by atoms with E-state index in [1.807, 2.05) is 38.7 Å². The van der Waals surface area contributed by atoms with Crippen LogP contribution in [0.15, 0.2) is 11.8 Å². The van der Waals surface area contributed by atoms with Gasteiger partial charge in [-0.2, -0.15) is 5.26 Å². The summed E-state index contributed by atoms with van der Waals surface area (Å²) < 4.78 is 5.62. The highest BCUT2D eigenvalue weighted by atomic mass is 16.5. The Balaban J connectivity index is 2.65. The Morgan fingerprint density at radius 1 is 1.47 bits per heavy atom. The predicted molar refractivity (Wildman–Crippen MR) is 73.1 cm³/mol. The zero-order valence-corrected chi connectivity index (χ0v) is 12.1. The summed E-state index contributed by atoms with van der Waals surface area (Å²) in [6.07, 6.45) is 1.86. The van der Waals surface area contributed by atoms with Crippen LogP contribution in [0, 0.1) is 17.2 Å². The molecule has 1 heterocycles. The Kier molecular flexibility index (Phi) is 5.84. The quantitative estimate of drug-likeness (QED) is 0.614. The van der Waals surface area contributed by atoms with Gasteiger partial charge < -0.3 is 15.0 Å². The monoisotopic (exact) mass is 265 g/mol. The molecular formula is C14H23N3O2. The fraction of sp³-hybridized carbons (Fsp3) is 0.714. The van der Waals surface area contributed by atoms with Crippen LogP contribution in [0.3, 0.4) is 0 Å². The van der Waals surface area contributed by atoms with Crippen molar-refractivity contribution >= 4 is 5.91 Å². The third kappa shape index (κ3) is 5.31. The lowest BCUT2D eigenvalue weighted by Gasteiger charge is -2.34. The maximum atomic E-state index is 11.9. The van der Waals surface area contributed by atoms with Crippen molar-refractivity contribution in [2.24, 2.45) is 5.92 Å². The van der Waals surface area contributed by atoms with E-state index >= 15 is 0 Å². The number of hydrogen-bond acceptors (Lipinski definition) is 4. The van der Waals surface area contributed by atoms with Gasteiger partial charge in [-0.3, -0.25) is 4.79 Å². The molecule has 19 heavy (non-hydrogen) atoms. The molecule has 1 saturated heterocycles. The van der Waals surface area contributed by atoms with Gasteiger partial charge in [0.15, 0.2) is 0 Å². The number of nitriles is 1. The van der Waals surface area contributed by atoms with Crippen molar-refractivity contribution < 1.29 is 9.53 Å². The maximum absolute atomic E-state index is 11.9. The van der Waals surface area contributed by atoms with Crippen molar-refractivity contribution in [3.05, 3.63) is 11.8 Å². The van der Waals surface area contributed by atoms with Gasteiger partial charge in [0.1, 0.15) is 11.6 Å². The number of nitrogens with zero attached hydrogens (tertiary/aromatic N) is 2. The number of ether oxygens (including phenoxy) is 1. The summed E-state index contributed by atoms with van der Waals surface area (Å²) in [5, 5.41) is 11.8. The van der Waals surface area contributed by atoms with Crippen molar-refractivity contribution in [3.8, 4) is 6.07 Å². The van der Waals surface area contributed by atoms with Gasteiger partial charge in [0.2, 0.25) is 0 Å². The summed E-state index contributed by atoms with van der Waals surface area (Å²) in [6, 6.07) is 1.97. The summed E-state index contributed by atoms with van der Waals surface area (Å²) in [4.78, 5) is 13.8. The Morgan fingerprint density at radius 3 is 2.53 bits per heavy atom. The SMILES string of the molecule is CC(C)CNC(=O)/C(C#N)=C\N1CC(C)OC(C)C1. The normalized spacial score (nSPS) is 24.2. The fourth-order valence-electron chi connectivity index (χ4n) is 2.04. The molecule has 1 N–H and O–H groups in total. The van der Waals surface area contributed by atoms with Gasteiger partial charge in [0.05, 0.1) is 12.2 Å². The maximum Gasteiger partial charge on any atom is 0.263 e. The van der Waals surface area contributed by atoms with Gasteiger partial charge in [-0.15, -0.1) is 0 Å². The van der Waals surface area contributed by atoms with E-state index in [0.29, 0.717) is 25.6 Å².